The maximum absolute atomic E-state index is 11.7. The molecule has 1 rings (SSSR count). The molecule has 0 fully saturated rings. The van der Waals surface area contributed by atoms with Crippen LogP contribution in [-0.2, 0) is 0 Å². The van der Waals surface area contributed by atoms with Gasteiger partial charge in [-0.05, 0) is 29.8 Å². The Bertz CT molecular complexity index is 329. The van der Waals surface area contributed by atoms with Crippen molar-refractivity contribution < 1.29 is 4.79 Å². The Morgan fingerprint density at radius 2 is 2.06 bits per heavy atom. The number of halogens is 1. The number of nitrogens with zero attached hydrogens (tertiary/aromatic N) is 1. The van der Waals surface area contributed by atoms with Crippen LogP contribution in [0.15, 0.2) is 30.3 Å². The van der Waals surface area contributed by atoms with Crippen LogP contribution >= 0.6 is 11.8 Å². The number of hydrogen-bond donors (Lipinski definition) is 1. The molecule has 0 bridgehead atoms. The van der Waals surface area contributed by atoms with Crippen LogP contribution in [0, 0.1) is 5.92 Å². The van der Waals surface area contributed by atoms with Crippen molar-refractivity contribution in [3.8, 4) is 0 Å². The maximum Gasteiger partial charge on any atom is 0.266 e. The third-order valence-corrected chi connectivity index (χ3v) is 2.65. The molecular weight excluding hydrogens is 224 g/mol. The second-order valence-electron chi connectivity index (χ2n) is 3.87. The summed E-state index contributed by atoms with van der Waals surface area (Å²) in [6, 6.07) is 9.02. The number of hydrazine groups is 1. The zero-order valence-corrected chi connectivity index (χ0v) is 10.4. The number of rotatable bonds is 5. The maximum atomic E-state index is 11.7. The topological polar surface area (TPSA) is 32.3 Å². The summed E-state index contributed by atoms with van der Waals surface area (Å²) in [7, 11) is 0. The minimum Gasteiger partial charge on any atom is -0.271 e. The average molecular weight is 241 g/mol. The third-order valence-electron chi connectivity index (χ3n) is 2.43. The van der Waals surface area contributed by atoms with Gasteiger partial charge in [0.15, 0.2) is 0 Å². The second kappa shape index (κ2) is 6.51. The molecule has 1 N–H and O–H groups in total. The molecular formula is C12H17ClN2O. The minimum absolute atomic E-state index is 0.182. The van der Waals surface area contributed by atoms with E-state index in [1.165, 1.54) is 4.53 Å². The zero-order chi connectivity index (χ0) is 12.0. The predicted molar refractivity (Wildman–Crippen MR) is 65.9 cm³/mol. The molecule has 0 radical (unpaired) electrons. The van der Waals surface area contributed by atoms with Crippen LogP contribution in [0.3, 0.4) is 0 Å². The van der Waals surface area contributed by atoms with Crippen molar-refractivity contribution in [3.63, 3.8) is 0 Å². The van der Waals surface area contributed by atoms with Gasteiger partial charge in [0.2, 0.25) is 0 Å². The number of carbonyl (C=O) groups is 1. The van der Waals surface area contributed by atoms with E-state index in [1.54, 1.807) is 12.1 Å². The molecule has 0 heterocycles. The first kappa shape index (κ1) is 13.0. The van der Waals surface area contributed by atoms with Gasteiger partial charge in [-0.15, -0.1) is 4.53 Å². The van der Waals surface area contributed by atoms with Crippen LogP contribution in [0.1, 0.15) is 30.6 Å². The van der Waals surface area contributed by atoms with Gasteiger partial charge in [-0.2, -0.15) is 0 Å². The highest BCUT2D eigenvalue weighted by Crippen LogP contribution is 2.05. The van der Waals surface area contributed by atoms with Crippen molar-refractivity contribution in [2.24, 2.45) is 5.92 Å². The molecule has 1 atom stereocenters. The number of nitrogens with one attached hydrogen (secondary N) is 1. The lowest BCUT2D eigenvalue weighted by atomic mass is 10.1. The molecule has 0 aliphatic heterocycles. The normalized spacial score (nSPS) is 12.5. The summed E-state index contributed by atoms with van der Waals surface area (Å²) in [4.78, 5) is 11.7. The standard InChI is InChI=1S/C12H17ClN2O/c1-3-10(2)9-15(13)14-12(16)11-7-5-4-6-8-11/h4-8,10H,3,9H2,1-2H3,(H,14,16). The van der Waals surface area contributed by atoms with Gasteiger partial charge in [-0.25, -0.2) is 0 Å². The number of carbonyl (C=O) groups excluding carboxylic acids is 1. The van der Waals surface area contributed by atoms with Gasteiger partial charge in [-0.3, -0.25) is 10.2 Å². The van der Waals surface area contributed by atoms with E-state index >= 15 is 0 Å². The molecule has 88 valence electrons. The zero-order valence-electron chi connectivity index (χ0n) is 9.61. The molecule has 4 heteroatoms. The highest BCUT2D eigenvalue weighted by atomic mass is 35.5. The lowest BCUT2D eigenvalue weighted by molar-refractivity contribution is 0.0873. The number of benzene rings is 1. The van der Waals surface area contributed by atoms with Gasteiger partial charge in [0.25, 0.3) is 5.91 Å². The molecule has 0 aliphatic carbocycles. The molecule has 0 aliphatic rings. The first-order valence-electron chi connectivity index (χ1n) is 5.42. The van der Waals surface area contributed by atoms with Gasteiger partial charge >= 0.3 is 0 Å². The van der Waals surface area contributed by atoms with Crippen LogP contribution < -0.4 is 5.43 Å². The fourth-order valence-corrected chi connectivity index (χ4v) is 1.53. The summed E-state index contributed by atoms with van der Waals surface area (Å²) >= 11 is 5.90. The minimum atomic E-state index is -0.182. The Balaban J connectivity index is 2.46. The van der Waals surface area contributed by atoms with E-state index in [-0.39, 0.29) is 5.91 Å². The highest BCUT2D eigenvalue weighted by molar-refractivity contribution is 6.14. The van der Waals surface area contributed by atoms with Crippen LogP contribution in [-0.4, -0.2) is 17.0 Å². The molecule has 1 aromatic rings. The Morgan fingerprint density at radius 1 is 1.44 bits per heavy atom. The van der Waals surface area contributed by atoms with E-state index in [0.717, 1.165) is 6.42 Å². The smallest absolute Gasteiger partial charge is 0.266 e. The van der Waals surface area contributed by atoms with E-state index in [9.17, 15) is 4.79 Å². The summed E-state index contributed by atoms with van der Waals surface area (Å²) in [5, 5.41) is 0. The van der Waals surface area contributed by atoms with E-state index in [0.29, 0.717) is 18.0 Å². The van der Waals surface area contributed by atoms with Crippen molar-refractivity contribution in [3.05, 3.63) is 35.9 Å². The SMILES string of the molecule is CCC(C)CN(Cl)NC(=O)c1ccccc1. The fourth-order valence-electron chi connectivity index (χ4n) is 1.21. The van der Waals surface area contributed by atoms with Gasteiger partial charge in [0.1, 0.15) is 0 Å². The molecule has 1 amide bonds. The predicted octanol–water partition coefficient (Wildman–Crippen LogP) is 2.83. The van der Waals surface area contributed by atoms with Crippen molar-refractivity contribution in [2.75, 3.05) is 6.54 Å². The van der Waals surface area contributed by atoms with Gasteiger partial charge < -0.3 is 0 Å². The van der Waals surface area contributed by atoms with E-state index < -0.39 is 0 Å². The monoisotopic (exact) mass is 240 g/mol. The summed E-state index contributed by atoms with van der Waals surface area (Å²) in [6.45, 7) is 4.81. The summed E-state index contributed by atoms with van der Waals surface area (Å²) in [5.74, 6) is 0.271. The van der Waals surface area contributed by atoms with Gasteiger partial charge in [0, 0.05) is 12.1 Å². The molecule has 1 aromatic carbocycles. The van der Waals surface area contributed by atoms with E-state index in [4.69, 9.17) is 11.8 Å². The average Bonchev–Trinajstić information content (AvgIpc) is 2.29. The Kier molecular flexibility index (Phi) is 5.29. The van der Waals surface area contributed by atoms with Gasteiger partial charge in [-0.1, -0.05) is 38.5 Å². The lowest BCUT2D eigenvalue weighted by Crippen LogP contribution is -2.37. The highest BCUT2D eigenvalue weighted by Gasteiger charge is 2.10. The summed E-state index contributed by atoms with van der Waals surface area (Å²) < 4.78 is 1.32. The first-order chi connectivity index (χ1) is 7.63. The first-order valence-corrected chi connectivity index (χ1v) is 5.76. The molecule has 0 spiro atoms. The largest absolute Gasteiger partial charge is 0.271 e. The summed E-state index contributed by atoms with van der Waals surface area (Å²) in [5.41, 5.74) is 3.23. The Labute approximate surface area is 101 Å². The molecule has 0 saturated heterocycles. The third kappa shape index (κ3) is 4.21. The summed E-state index contributed by atoms with van der Waals surface area (Å²) in [6.07, 6.45) is 1.03. The molecule has 0 aromatic heterocycles. The molecule has 1 unspecified atom stereocenters. The Morgan fingerprint density at radius 3 is 2.62 bits per heavy atom. The molecule has 3 nitrogen and oxygen atoms in total. The van der Waals surface area contributed by atoms with Crippen molar-refractivity contribution >= 4 is 17.7 Å². The number of amides is 1. The van der Waals surface area contributed by atoms with Crippen molar-refractivity contribution in [1.29, 1.82) is 0 Å². The van der Waals surface area contributed by atoms with E-state index in [1.807, 2.05) is 18.2 Å². The van der Waals surface area contributed by atoms with Crippen molar-refractivity contribution in [1.82, 2.24) is 9.95 Å². The van der Waals surface area contributed by atoms with Crippen LogP contribution in [0.25, 0.3) is 0 Å². The van der Waals surface area contributed by atoms with Gasteiger partial charge in [0.05, 0.1) is 0 Å². The van der Waals surface area contributed by atoms with Crippen LogP contribution in [0.2, 0.25) is 0 Å². The van der Waals surface area contributed by atoms with Crippen molar-refractivity contribution in [2.45, 2.75) is 20.3 Å². The molecule has 0 saturated carbocycles. The van der Waals surface area contributed by atoms with Crippen LogP contribution in [0.5, 0.6) is 0 Å². The quantitative estimate of drug-likeness (QED) is 0.634. The lowest BCUT2D eigenvalue weighted by Gasteiger charge is -2.18. The second-order valence-corrected chi connectivity index (χ2v) is 4.27. The van der Waals surface area contributed by atoms with E-state index in [2.05, 4.69) is 19.3 Å². The molecule has 16 heavy (non-hydrogen) atoms. The van der Waals surface area contributed by atoms with Crippen LogP contribution in [0.4, 0.5) is 0 Å². The Hall–Kier alpha value is -1.06. The fraction of sp³-hybridized carbons (Fsp3) is 0.417. The number of hydrogen-bond acceptors (Lipinski definition) is 2.